The number of likely N-dealkylation sites (tertiary alicyclic amines) is 1. The highest BCUT2D eigenvalue weighted by Crippen LogP contribution is 2.25. The molecular formula is C23H30N4OS. The molecular weight excluding hydrogens is 380 g/mol. The van der Waals surface area contributed by atoms with Crippen molar-refractivity contribution in [2.75, 3.05) is 33.2 Å². The Balaban J connectivity index is 1.19. The van der Waals surface area contributed by atoms with E-state index in [1.807, 2.05) is 40.8 Å². The van der Waals surface area contributed by atoms with Crippen LogP contribution in [0.25, 0.3) is 11.0 Å². The molecule has 0 atom stereocenters. The molecule has 1 fully saturated rings. The lowest BCUT2D eigenvalue weighted by Gasteiger charge is -2.32. The van der Waals surface area contributed by atoms with Crippen LogP contribution >= 0.6 is 11.9 Å². The van der Waals surface area contributed by atoms with E-state index in [9.17, 15) is 4.79 Å². The van der Waals surface area contributed by atoms with Crippen LogP contribution in [0.5, 0.6) is 0 Å². The van der Waals surface area contributed by atoms with Gasteiger partial charge in [-0.2, -0.15) is 0 Å². The second kappa shape index (κ2) is 9.65. The molecule has 1 aromatic heterocycles. The van der Waals surface area contributed by atoms with Crippen molar-refractivity contribution in [3.05, 3.63) is 65.1 Å². The number of aromatic nitrogens is 2. The van der Waals surface area contributed by atoms with Crippen molar-refractivity contribution in [3.63, 3.8) is 0 Å². The molecule has 0 radical (unpaired) electrons. The number of hydrogen-bond acceptors (Lipinski definition) is 4. The first-order valence-corrected chi connectivity index (χ1v) is 11.3. The molecule has 0 amide bonds. The molecule has 1 aliphatic heterocycles. The summed E-state index contributed by atoms with van der Waals surface area (Å²) >= 11 is 1.81. The third kappa shape index (κ3) is 5.13. The maximum absolute atomic E-state index is 12.4. The first-order chi connectivity index (χ1) is 14.2. The minimum Gasteiger partial charge on any atom is -0.306 e. The van der Waals surface area contributed by atoms with Crippen molar-refractivity contribution in [3.8, 4) is 0 Å². The van der Waals surface area contributed by atoms with E-state index in [2.05, 4.69) is 51.6 Å². The van der Waals surface area contributed by atoms with Crippen LogP contribution in [-0.2, 0) is 0 Å². The summed E-state index contributed by atoms with van der Waals surface area (Å²) in [5.74, 6) is 0. The molecule has 5 nitrogen and oxygen atoms in total. The molecule has 0 spiro atoms. The Morgan fingerprint density at radius 3 is 2.55 bits per heavy atom. The van der Waals surface area contributed by atoms with Gasteiger partial charge in [0.05, 0.1) is 11.0 Å². The highest BCUT2D eigenvalue weighted by Gasteiger charge is 2.23. The topological polar surface area (TPSA) is 44.3 Å². The van der Waals surface area contributed by atoms with E-state index in [4.69, 9.17) is 0 Å². The van der Waals surface area contributed by atoms with Crippen LogP contribution in [-0.4, -0.2) is 52.0 Å². The van der Waals surface area contributed by atoms with Gasteiger partial charge in [0.1, 0.15) is 0 Å². The predicted octanol–water partition coefficient (Wildman–Crippen LogP) is 4.39. The van der Waals surface area contributed by atoms with Gasteiger partial charge in [0.25, 0.3) is 0 Å². The van der Waals surface area contributed by atoms with Crippen molar-refractivity contribution in [1.82, 2.24) is 18.8 Å². The lowest BCUT2D eigenvalue weighted by Crippen LogP contribution is -2.37. The van der Waals surface area contributed by atoms with Gasteiger partial charge in [0.2, 0.25) is 0 Å². The highest BCUT2D eigenvalue weighted by atomic mass is 32.2. The van der Waals surface area contributed by atoms with Gasteiger partial charge < -0.3 is 9.88 Å². The zero-order valence-corrected chi connectivity index (χ0v) is 17.9. The van der Waals surface area contributed by atoms with E-state index >= 15 is 0 Å². The molecule has 0 bridgehead atoms. The van der Waals surface area contributed by atoms with Crippen LogP contribution in [0.2, 0.25) is 0 Å². The Hall–Kier alpha value is -2.02. The van der Waals surface area contributed by atoms with E-state index < -0.39 is 0 Å². The zero-order valence-electron chi connectivity index (χ0n) is 17.1. The Kier molecular flexibility index (Phi) is 6.74. The maximum atomic E-state index is 12.4. The molecule has 0 aliphatic carbocycles. The SMILES string of the molecule is CN(CCCCN1CCC(n2c(=O)[nH]c3ccccc32)CC1)Sc1ccccc1. The second-order valence-electron chi connectivity index (χ2n) is 7.85. The van der Waals surface area contributed by atoms with Gasteiger partial charge in [-0.05, 0) is 75.5 Å². The molecule has 29 heavy (non-hydrogen) atoms. The van der Waals surface area contributed by atoms with E-state index in [0.717, 1.165) is 50.1 Å². The monoisotopic (exact) mass is 410 g/mol. The number of fused-ring (bicyclic) bond motifs is 1. The smallest absolute Gasteiger partial charge is 0.306 e. The average Bonchev–Trinajstić information content (AvgIpc) is 3.08. The Bertz CT molecular complexity index is 960. The van der Waals surface area contributed by atoms with E-state index in [1.165, 1.54) is 17.7 Å². The molecule has 2 heterocycles. The maximum Gasteiger partial charge on any atom is 0.326 e. The first-order valence-electron chi connectivity index (χ1n) is 10.6. The molecule has 3 aromatic rings. The lowest BCUT2D eigenvalue weighted by molar-refractivity contribution is 0.183. The van der Waals surface area contributed by atoms with Crippen molar-refractivity contribution in [2.45, 2.75) is 36.6 Å². The number of nitrogens with zero attached hydrogens (tertiary/aromatic N) is 3. The van der Waals surface area contributed by atoms with Crippen molar-refractivity contribution in [1.29, 1.82) is 0 Å². The number of benzene rings is 2. The number of unbranched alkanes of at least 4 members (excludes halogenated alkanes) is 1. The second-order valence-corrected chi connectivity index (χ2v) is 9.13. The summed E-state index contributed by atoms with van der Waals surface area (Å²) in [6, 6.07) is 18.9. The minimum absolute atomic E-state index is 0.0311. The number of hydrogen-bond donors (Lipinski definition) is 1. The number of imidazole rings is 1. The molecule has 0 saturated carbocycles. The standard InChI is InChI=1S/C23H30N4OS/c1-25(29-20-9-3-2-4-10-20)15-7-8-16-26-17-13-19(14-18-26)27-22-12-6-5-11-21(22)24-23(27)28/h2-6,9-12,19H,7-8,13-18H2,1H3,(H,24,28). The highest BCUT2D eigenvalue weighted by molar-refractivity contribution is 7.97. The van der Waals surface area contributed by atoms with Crippen LogP contribution < -0.4 is 5.69 Å². The zero-order chi connectivity index (χ0) is 20.1. The molecule has 1 N–H and O–H groups in total. The van der Waals surface area contributed by atoms with Crippen molar-refractivity contribution < 1.29 is 0 Å². The van der Waals surface area contributed by atoms with Gasteiger partial charge in [0.15, 0.2) is 0 Å². The van der Waals surface area contributed by atoms with Crippen LogP contribution in [0.15, 0.2) is 64.3 Å². The van der Waals surface area contributed by atoms with Crippen molar-refractivity contribution >= 4 is 23.0 Å². The summed E-state index contributed by atoms with van der Waals surface area (Å²) in [4.78, 5) is 19.3. The number of nitrogens with one attached hydrogen (secondary N) is 1. The van der Waals surface area contributed by atoms with E-state index in [-0.39, 0.29) is 5.69 Å². The summed E-state index contributed by atoms with van der Waals surface area (Å²) in [6.45, 7) is 4.40. The number of aromatic amines is 1. The quantitative estimate of drug-likeness (QED) is 0.442. The first kappa shape index (κ1) is 20.3. The summed E-state index contributed by atoms with van der Waals surface area (Å²) in [5.41, 5.74) is 2.01. The molecule has 6 heteroatoms. The van der Waals surface area contributed by atoms with Crippen LogP contribution in [0.3, 0.4) is 0 Å². The number of para-hydroxylation sites is 2. The normalized spacial score (nSPS) is 16.1. The number of rotatable bonds is 8. The van der Waals surface area contributed by atoms with E-state index in [0.29, 0.717) is 6.04 Å². The van der Waals surface area contributed by atoms with Crippen LogP contribution in [0.4, 0.5) is 0 Å². The predicted molar refractivity (Wildman–Crippen MR) is 121 cm³/mol. The Labute approximate surface area is 176 Å². The number of piperidine rings is 1. The number of H-pyrrole nitrogens is 1. The van der Waals surface area contributed by atoms with Crippen LogP contribution in [0, 0.1) is 0 Å². The van der Waals surface area contributed by atoms with Crippen LogP contribution in [0.1, 0.15) is 31.7 Å². The lowest BCUT2D eigenvalue weighted by atomic mass is 10.0. The summed E-state index contributed by atoms with van der Waals surface area (Å²) < 4.78 is 4.30. The van der Waals surface area contributed by atoms with Gasteiger partial charge in [-0.3, -0.25) is 4.57 Å². The molecule has 1 saturated heterocycles. The van der Waals surface area contributed by atoms with Gasteiger partial charge in [-0.15, -0.1) is 0 Å². The molecule has 4 rings (SSSR count). The Morgan fingerprint density at radius 1 is 1.03 bits per heavy atom. The molecule has 2 aromatic carbocycles. The molecule has 0 unspecified atom stereocenters. The third-order valence-corrected chi connectivity index (χ3v) is 6.73. The fourth-order valence-electron chi connectivity index (χ4n) is 4.21. The fraction of sp³-hybridized carbons (Fsp3) is 0.435. The summed E-state index contributed by atoms with van der Waals surface area (Å²) in [7, 11) is 2.17. The minimum atomic E-state index is 0.0311. The molecule has 154 valence electrons. The largest absolute Gasteiger partial charge is 0.326 e. The van der Waals surface area contributed by atoms with Crippen molar-refractivity contribution in [2.24, 2.45) is 0 Å². The summed E-state index contributed by atoms with van der Waals surface area (Å²) in [6.07, 6.45) is 4.52. The third-order valence-electron chi connectivity index (χ3n) is 5.75. The average molecular weight is 411 g/mol. The van der Waals surface area contributed by atoms with Gasteiger partial charge in [-0.25, -0.2) is 9.10 Å². The Morgan fingerprint density at radius 2 is 1.76 bits per heavy atom. The van der Waals surface area contributed by atoms with Gasteiger partial charge >= 0.3 is 5.69 Å². The van der Waals surface area contributed by atoms with Gasteiger partial charge in [0, 0.05) is 30.6 Å². The summed E-state index contributed by atoms with van der Waals surface area (Å²) in [5, 5.41) is 0. The molecule has 1 aliphatic rings. The van der Waals surface area contributed by atoms with Gasteiger partial charge in [-0.1, -0.05) is 30.3 Å². The fourth-order valence-corrected chi connectivity index (χ4v) is 5.07. The van der Waals surface area contributed by atoms with E-state index in [1.54, 1.807) is 0 Å².